The van der Waals surface area contributed by atoms with Gasteiger partial charge in [0.05, 0.1) is 3.74 Å². The highest BCUT2D eigenvalue weighted by molar-refractivity contribution is 9.24. The van der Waals surface area contributed by atoms with Crippen LogP contribution >= 0.6 is 59.1 Å². The summed E-state index contributed by atoms with van der Waals surface area (Å²) in [4.78, 5) is 0. The van der Waals surface area contributed by atoms with Crippen LogP contribution in [0.2, 0.25) is 0 Å². The quantitative estimate of drug-likeness (QED) is 0.573. The molecule has 2 aromatic rings. The highest BCUT2D eigenvalue weighted by Crippen LogP contribution is 2.39. The largest absolute Gasteiger partial charge is 0.143 e. The molecule has 1 aromatic carbocycles. The summed E-state index contributed by atoms with van der Waals surface area (Å²) in [5, 5.41) is 3.42. The topological polar surface area (TPSA) is 0 Å². The van der Waals surface area contributed by atoms with Crippen molar-refractivity contribution in [3.8, 4) is 0 Å². The molecule has 0 aliphatic heterocycles. The van der Waals surface area contributed by atoms with E-state index in [0.29, 0.717) is 0 Å². The number of rotatable bonds is 1. The Bertz CT molecular complexity index is 433. The molecule has 0 aliphatic rings. The van der Waals surface area contributed by atoms with E-state index in [1.54, 1.807) is 11.3 Å². The Morgan fingerprint density at radius 2 is 1.92 bits per heavy atom. The molecule has 0 saturated carbocycles. The summed E-state index contributed by atoms with van der Waals surface area (Å²) in [7, 11) is 0. The fourth-order valence-electron chi connectivity index (χ4n) is 1.24. The van der Waals surface area contributed by atoms with Gasteiger partial charge in [0.15, 0.2) is 0 Å². The Hall–Kier alpha value is 0.620. The summed E-state index contributed by atoms with van der Waals surface area (Å²) in [6.45, 7) is 0. The zero-order valence-electron chi connectivity index (χ0n) is 6.43. The van der Waals surface area contributed by atoms with E-state index in [9.17, 15) is 0 Å². The fraction of sp³-hybridized carbons (Fsp3) is 0.111. The van der Waals surface area contributed by atoms with Crippen molar-refractivity contribution in [1.29, 1.82) is 0 Å². The lowest BCUT2D eigenvalue weighted by Gasteiger charge is -2.04. The van der Waals surface area contributed by atoms with Gasteiger partial charge in [-0.1, -0.05) is 37.9 Å². The van der Waals surface area contributed by atoms with Gasteiger partial charge >= 0.3 is 0 Å². The van der Waals surface area contributed by atoms with Crippen LogP contribution in [0.4, 0.5) is 0 Å². The first kappa shape index (κ1) is 10.1. The maximum Gasteiger partial charge on any atom is 0.0952 e. The summed E-state index contributed by atoms with van der Waals surface area (Å²) in [5.74, 6) is 0. The minimum absolute atomic E-state index is 0.227. The van der Waals surface area contributed by atoms with Crippen molar-refractivity contribution in [3.63, 3.8) is 0 Å². The second-order valence-electron chi connectivity index (χ2n) is 2.60. The molecule has 68 valence electrons. The van der Waals surface area contributed by atoms with E-state index in [-0.39, 0.29) is 3.74 Å². The fourth-order valence-corrected chi connectivity index (χ4v) is 3.50. The molecule has 0 saturated heterocycles. The maximum absolute atomic E-state index is 3.54. The first-order chi connectivity index (χ1) is 6.20. The first-order valence-electron chi connectivity index (χ1n) is 3.64. The van der Waals surface area contributed by atoms with Crippen molar-refractivity contribution in [2.45, 2.75) is 3.74 Å². The van der Waals surface area contributed by atoms with Gasteiger partial charge in [-0.3, -0.25) is 0 Å². The highest BCUT2D eigenvalue weighted by Gasteiger charge is 2.09. The zero-order chi connectivity index (χ0) is 9.42. The van der Waals surface area contributed by atoms with Crippen molar-refractivity contribution in [2.24, 2.45) is 0 Å². The number of fused-ring (bicyclic) bond motifs is 1. The van der Waals surface area contributed by atoms with Gasteiger partial charge in [0.1, 0.15) is 0 Å². The molecule has 0 N–H and O–H groups in total. The summed E-state index contributed by atoms with van der Waals surface area (Å²) in [6.07, 6.45) is 0. The van der Waals surface area contributed by atoms with Crippen LogP contribution in [0.3, 0.4) is 0 Å². The molecule has 0 bridgehead atoms. The summed E-state index contributed by atoms with van der Waals surface area (Å²) < 4.78 is 2.70. The van der Waals surface area contributed by atoms with Gasteiger partial charge in [-0.05, 0) is 44.4 Å². The molecule has 1 aromatic heterocycles. The zero-order valence-corrected chi connectivity index (χ0v) is 12.0. The average molecular weight is 385 g/mol. The van der Waals surface area contributed by atoms with Crippen LogP contribution in [0.25, 0.3) is 10.1 Å². The molecule has 0 amide bonds. The third-order valence-corrected chi connectivity index (χ3v) is 4.69. The summed E-state index contributed by atoms with van der Waals surface area (Å²) in [6, 6.07) is 6.35. The molecular weight excluding hydrogens is 380 g/mol. The molecule has 0 unspecified atom stereocenters. The van der Waals surface area contributed by atoms with Gasteiger partial charge in [0.25, 0.3) is 0 Å². The van der Waals surface area contributed by atoms with Gasteiger partial charge < -0.3 is 0 Å². The molecule has 13 heavy (non-hydrogen) atoms. The van der Waals surface area contributed by atoms with E-state index >= 15 is 0 Å². The number of halogens is 3. The van der Waals surface area contributed by atoms with E-state index in [4.69, 9.17) is 0 Å². The van der Waals surface area contributed by atoms with Crippen molar-refractivity contribution >= 4 is 69.2 Å². The van der Waals surface area contributed by atoms with Crippen LogP contribution in [-0.4, -0.2) is 0 Å². The normalized spacial score (nSPS) is 11.4. The molecule has 0 aliphatic carbocycles. The number of hydrogen-bond donors (Lipinski definition) is 0. The Kier molecular flexibility index (Phi) is 3.13. The standard InChI is InChI=1S/C9H5Br3S/c10-7-2-1-6(9(11)12)5-3-4-13-8(5)7/h1-4,9H. The molecule has 0 nitrogen and oxygen atoms in total. The second kappa shape index (κ2) is 4.01. The Labute approximate surface area is 106 Å². The van der Waals surface area contributed by atoms with Crippen LogP contribution in [-0.2, 0) is 0 Å². The first-order valence-corrected chi connectivity index (χ1v) is 7.14. The van der Waals surface area contributed by atoms with E-state index in [0.717, 1.165) is 0 Å². The van der Waals surface area contributed by atoms with Gasteiger partial charge in [0, 0.05) is 9.17 Å². The van der Waals surface area contributed by atoms with Crippen LogP contribution in [0.15, 0.2) is 28.1 Å². The predicted octanol–water partition coefficient (Wildman–Crippen LogP) is 5.45. The lowest BCUT2D eigenvalue weighted by molar-refractivity contribution is 1.48. The lowest BCUT2D eigenvalue weighted by Crippen LogP contribution is -1.80. The van der Waals surface area contributed by atoms with Crippen LogP contribution < -0.4 is 0 Å². The van der Waals surface area contributed by atoms with Crippen molar-refractivity contribution in [1.82, 2.24) is 0 Å². The van der Waals surface area contributed by atoms with Crippen molar-refractivity contribution < 1.29 is 0 Å². The molecule has 2 rings (SSSR count). The summed E-state index contributed by atoms with van der Waals surface area (Å²) in [5.41, 5.74) is 1.28. The minimum atomic E-state index is 0.227. The van der Waals surface area contributed by atoms with E-state index < -0.39 is 0 Å². The molecule has 0 atom stereocenters. The molecule has 0 fully saturated rings. The van der Waals surface area contributed by atoms with Gasteiger partial charge in [0.2, 0.25) is 0 Å². The Morgan fingerprint density at radius 1 is 1.15 bits per heavy atom. The average Bonchev–Trinajstić information content (AvgIpc) is 2.53. The van der Waals surface area contributed by atoms with Crippen molar-refractivity contribution in [2.75, 3.05) is 0 Å². The monoisotopic (exact) mass is 382 g/mol. The SMILES string of the molecule is Brc1ccc(C(Br)Br)c2ccsc12. The number of benzene rings is 1. The van der Waals surface area contributed by atoms with Gasteiger partial charge in [-0.2, -0.15) is 0 Å². The predicted molar refractivity (Wildman–Crippen MR) is 70.1 cm³/mol. The molecule has 4 heteroatoms. The Morgan fingerprint density at radius 3 is 2.62 bits per heavy atom. The smallest absolute Gasteiger partial charge is 0.0952 e. The minimum Gasteiger partial charge on any atom is -0.143 e. The molecular formula is C9H5Br3S. The molecule has 0 spiro atoms. The summed E-state index contributed by atoms with van der Waals surface area (Å²) >= 11 is 12.3. The number of hydrogen-bond acceptors (Lipinski definition) is 1. The number of thiophene rings is 1. The molecule has 1 heterocycles. The van der Waals surface area contributed by atoms with Gasteiger partial charge in [-0.25, -0.2) is 0 Å². The van der Waals surface area contributed by atoms with Crippen LogP contribution in [0, 0.1) is 0 Å². The molecule has 0 radical (unpaired) electrons. The van der Waals surface area contributed by atoms with Crippen molar-refractivity contribution in [3.05, 3.63) is 33.6 Å². The highest BCUT2D eigenvalue weighted by atomic mass is 79.9. The number of alkyl halides is 2. The van der Waals surface area contributed by atoms with E-state index in [1.165, 1.54) is 20.1 Å². The van der Waals surface area contributed by atoms with Crippen LogP contribution in [0.5, 0.6) is 0 Å². The second-order valence-corrected chi connectivity index (χ2v) is 7.43. The third kappa shape index (κ3) is 1.87. The Balaban J connectivity index is 2.78. The van der Waals surface area contributed by atoms with Gasteiger partial charge in [-0.15, -0.1) is 11.3 Å². The van der Waals surface area contributed by atoms with E-state index in [1.807, 2.05) is 0 Å². The third-order valence-electron chi connectivity index (χ3n) is 1.84. The van der Waals surface area contributed by atoms with E-state index in [2.05, 4.69) is 71.4 Å². The maximum atomic E-state index is 3.54. The van der Waals surface area contributed by atoms with Crippen LogP contribution in [0.1, 0.15) is 9.30 Å². The lowest BCUT2D eigenvalue weighted by atomic mass is 10.2.